The maximum Gasteiger partial charge on any atom is 0.132 e. The van der Waals surface area contributed by atoms with Crippen LogP contribution in [0.4, 0.5) is 0 Å². The van der Waals surface area contributed by atoms with Gasteiger partial charge in [0.1, 0.15) is 5.78 Å². The molecule has 0 amide bonds. The van der Waals surface area contributed by atoms with Gasteiger partial charge in [-0.2, -0.15) is 0 Å². The van der Waals surface area contributed by atoms with Crippen LogP contribution >= 0.6 is 11.6 Å². The van der Waals surface area contributed by atoms with Gasteiger partial charge in [0.25, 0.3) is 0 Å². The molecular weight excluding hydrogens is 280 g/mol. The Balaban J connectivity index is 0.000000157. The molecule has 1 aliphatic carbocycles. The van der Waals surface area contributed by atoms with Crippen LogP contribution in [-0.2, 0) is 4.79 Å². The van der Waals surface area contributed by atoms with Gasteiger partial charge in [-0.05, 0) is 31.9 Å². The molecule has 0 atom stereocenters. The monoisotopic (exact) mass is 302 g/mol. The summed E-state index contributed by atoms with van der Waals surface area (Å²) in [5.74, 6) is 0.464. The first kappa shape index (κ1) is 17.5. The number of Topliss-reactive ketones (excluding diaryl/α,β-unsaturated/α-hetero) is 1. The van der Waals surface area contributed by atoms with Crippen LogP contribution in [-0.4, -0.2) is 5.78 Å². The second kappa shape index (κ2) is 11.1. The van der Waals surface area contributed by atoms with Crippen molar-refractivity contribution in [2.24, 2.45) is 0 Å². The highest BCUT2D eigenvalue weighted by Gasteiger charge is 2.05. The fourth-order valence-electron chi connectivity index (χ4n) is 1.90. The number of benzene rings is 2. The number of hydrogen-bond acceptors (Lipinski definition) is 1. The number of carbonyl (C=O) groups excluding carboxylic acids is 1. The number of carbonyl (C=O) groups is 1. The van der Waals surface area contributed by atoms with E-state index in [0.717, 1.165) is 30.7 Å². The summed E-state index contributed by atoms with van der Waals surface area (Å²) in [4.78, 5) is 10.5. The highest BCUT2D eigenvalue weighted by atomic mass is 35.5. The van der Waals surface area contributed by atoms with E-state index in [1.165, 1.54) is 12.0 Å². The summed E-state index contributed by atoms with van der Waals surface area (Å²) in [7, 11) is 0. The lowest BCUT2D eigenvalue weighted by Crippen LogP contribution is -2.02. The van der Waals surface area contributed by atoms with Gasteiger partial charge >= 0.3 is 0 Å². The van der Waals surface area contributed by atoms with Crippen molar-refractivity contribution in [2.45, 2.75) is 39.0 Å². The van der Waals surface area contributed by atoms with Crippen LogP contribution < -0.4 is 0 Å². The van der Waals surface area contributed by atoms with Crippen molar-refractivity contribution in [3.05, 3.63) is 71.2 Å². The number of hydrogen-bond donors (Lipinski definition) is 0. The maximum atomic E-state index is 10.5. The first-order valence-electron chi connectivity index (χ1n) is 7.42. The molecule has 0 aromatic heterocycles. The highest BCUT2D eigenvalue weighted by molar-refractivity contribution is 6.30. The summed E-state index contributed by atoms with van der Waals surface area (Å²) in [6.45, 7) is 2.08. The first-order valence-corrected chi connectivity index (χ1v) is 7.80. The molecule has 2 aromatic carbocycles. The molecule has 112 valence electrons. The molecule has 0 saturated heterocycles. The standard InChI is InChI=1S/C7H8.C6H5Cl.C6H10O/c1-7-5-3-2-4-6-7;2*7-6-4-2-1-3-5-6/h2-6H,1H3;1-5H;1-5H2. The molecule has 0 unspecified atom stereocenters. The van der Waals surface area contributed by atoms with Gasteiger partial charge in [-0.15, -0.1) is 0 Å². The Bertz CT molecular complexity index is 448. The number of halogens is 1. The molecule has 3 rings (SSSR count). The molecule has 1 saturated carbocycles. The summed E-state index contributed by atoms with van der Waals surface area (Å²) < 4.78 is 0. The van der Waals surface area contributed by atoms with Gasteiger partial charge in [0.2, 0.25) is 0 Å². The minimum atomic E-state index is 0.464. The molecule has 1 fully saturated rings. The van der Waals surface area contributed by atoms with Crippen molar-refractivity contribution >= 4 is 17.4 Å². The number of aryl methyl sites for hydroxylation is 1. The predicted octanol–water partition coefficient (Wildman–Crippen LogP) is 5.85. The third-order valence-electron chi connectivity index (χ3n) is 3.08. The largest absolute Gasteiger partial charge is 0.300 e. The van der Waals surface area contributed by atoms with Crippen LogP contribution in [0.25, 0.3) is 0 Å². The number of ketones is 1. The van der Waals surface area contributed by atoms with E-state index in [1.54, 1.807) is 0 Å². The van der Waals surface area contributed by atoms with E-state index in [4.69, 9.17) is 11.6 Å². The maximum absolute atomic E-state index is 10.5. The van der Waals surface area contributed by atoms with Crippen molar-refractivity contribution in [3.63, 3.8) is 0 Å². The molecule has 2 aromatic rings. The molecular formula is C19H23ClO. The van der Waals surface area contributed by atoms with Crippen LogP contribution in [0, 0.1) is 6.92 Å². The van der Waals surface area contributed by atoms with Gasteiger partial charge < -0.3 is 0 Å². The SMILES string of the molecule is Cc1ccccc1.Clc1ccccc1.O=C1CCCCC1. The van der Waals surface area contributed by atoms with E-state index < -0.39 is 0 Å². The van der Waals surface area contributed by atoms with Gasteiger partial charge in [-0.3, -0.25) is 4.79 Å². The van der Waals surface area contributed by atoms with Crippen molar-refractivity contribution in [1.29, 1.82) is 0 Å². The van der Waals surface area contributed by atoms with Crippen LogP contribution in [0.5, 0.6) is 0 Å². The third kappa shape index (κ3) is 9.86. The molecule has 1 nitrogen and oxygen atoms in total. The van der Waals surface area contributed by atoms with Crippen LogP contribution in [0.1, 0.15) is 37.7 Å². The van der Waals surface area contributed by atoms with Gasteiger partial charge in [0, 0.05) is 17.9 Å². The Labute approximate surface area is 133 Å². The van der Waals surface area contributed by atoms with Gasteiger partial charge in [-0.25, -0.2) is 0 Å². The zero-order valence-corrected chi connectivity index (χ0v) is 13.4. The van der Waals surface area contributed by atoms with Gasteiger partial charge in [0.15, 0.2) is 0 Å². The van der Waals surface area contributed by atoms with Gasteiger partial charge in [0.05, 0.1) is 0 Å². The first-order chi connectivity index (χ1) is 10.2. The normalized spacial score (nSPS) is 13.3. The Morgan fingerprint density at radius 2 is 1.24 bits per heavy atom. The Kier molecular flexibility index (Phi) is 9.23. The van der Waals surface area contributed by atoms with E-state index in [1.807, 2.05) is 48.5 Å². The van der Waals surface area contributed by atoms with Crippen LogP contribution in [0.3, 0.4) is 0 Å². The third-order valence-corrected chi connectivity index (χ3v) is 3.34. The van der Waals surface area contributed by atoms with E-state index in [-0.39, 0.29) is 0 Å². The summed E-state index contributed by atoms with van der Waals surface area (Å²) in [5, 5.41) is 0.794. The van der Waals surface area contributed by atoms with E-state index in [9.17, 15) is 4.79 Å². The fraction of sp³-hybridized carbons (Fsp3) is 0.316. The van der Waals surface area contributed by atoms with E-state index >= 15 is 0 Å². The Morgan fingerprint density at radius 3 is 1.48 bits per heavy atom. The topological polar surface area (TPSA) is 17.1 Å². The second-order valence-electron chi connectivity index (χ2n) is 5.05. The minimum absolute atomic E-state index is 0.464. The lowest BCUT2D eigenvalue weighted by atomic mass is 10.00. The molecule has 0 heterocycles. The molecule has 0 N–H and O–H groups in total. The van der Waals surface area contributed by atoms with E-state index in [2.05, 4.69) is 19.1 Å². The van der Waals surface area contributed by atoms with Crippen LogP contribution in [0.15, 0.2) is 60.7 Å². The van der Waals surface area contributed by atoms with Crippen molar-refractivity contribution < 1.29 is 4.79 Å². The minimum Gasteiger partial charge on any atom is -0.300 e. The molecule has 0 spiro atoms. The summed E-state index contributed by atoms with van der Waals surface area (Å²) in [6, 6.07) is 19.7. The molecule has 1 aliphatic rings. The van der Waals surface area contributed by atoms with Crippen molar-refractivity contribution in [3.8, 4) is 0 Å². The van der Waals surface area contributed by atoms with Crippen LogP contribution in [0.2, 0.25) is 5.02 Å². The molecule has 0 radical (unpaired) electrons. The lowest BCUT2D eigenvalue weighted by molar-refractivity contribution is -0.120. The summed E-state index contributed by atoms with van der Waals surface area (Å²) in [6.07, 6.45) is 5.24. The average Bonchev–Trinajstić information content (AvgIpc) is 2.51. The van der Waals surface area contributed by atoms with E-state index in [0.29, 0.717) is 5.78 Å². The smallest absolute Gasteiger partial charge is 0.132 e. The number of rotatable bonds is 0. The molecule has 2 heteroatoms. The molecule has 0 aliphatic heterocycles. The Hall–Kier alpha value is -1.60. The van der Waals surface area contributed by atoms with Gasteiger partial charge in [-0.1, -0.05) is 72.1 Å². The lowest BCUT2D eigenvalue weighted by Gasteiger charge is -2.05. The molecule has 21 heavy (non-hydrogen) atoms. The fourth-order valence-corrected chi connectivity index (χ4v) is 2.04. The Morgan fingerprint density at radius 1 is 0.762 bits per heavy atom. The zero-order chi connectivity index (χ0) is 15.3. The predicted molar refractivity (Wildman–Crippen MR) is 90.7 cm³/mol. The molecule has 0 bridgehead atoms. The van der Waals surface area contributed by atoms with Crippen molar-refractivity contribution in [2.75, 3.05) is 0 Å². The zero-order valence-electron chi connectivity index (χ0n) is 12.6. The average molecular weight is 303 g/mol. The highest BCUT2D eigenvalue weighted by Crippen LogP contribution is 2.12. The summed E-state index contributed by atoms with van der Waals surface area (Å²) in [5.41, 5.74) is 1.32. The quantitative estimate of drug-likeness (QED) is 0.596. The summed E-state index contributed by atoms with van der Waals surface area (Å²) >= 11 is 5.54. The van der Waals surface area contributed by atoms with Crippen molar-refractivity contribution in [1.82, 2.24) is 0 Å². The second-order valence-corrected chi connectivity index (χ2v) is 5.49.